The first-order valence-corrected chi connectivity index (χ1v) is 8.06. The molecule has 3 heterocycles. The van der Waals surface area contributed by atoms with Crippen molar-refractivity contribution in [3.05, 3.63) is 0 Å². The van der Waals surface area contributed by atoms with Crippen LogP contribution in [0.2, 0.25) is 0 Å². The molecule has 2 saturated heterocycles. The minimum Gasteiger partial charge on any atom is -0.450 e. The number of aliphatic hydroxyl groups excluding tert-OH is 5. The third-order valence-corrected chi connectivity index (χ3v) is 4.66. The molecule has 2 fully saturated rings. The highest BCUT2D eigenvalue weighted by atomic mass is 16.7. The second-order valence-electron chi connectivity index (χ2n) is 6.36. The van der Waals surface area contributed by atoms with Crippen LogP contribution in [0.15, 0.2) is 4.99 Å². The van der Waals surface area contributed by atoms with Crippen molar-refractivity contribution in [2.45, 2.75) is 68.2 Å². The first-order valence-electron chi connectivity index (χ1n) is 8.06. The van der Waals surface area contributed by atoms with Crippen LogP contribution in [0.25, 0.3) is 0 Å². The Morgan fingerprint density at radius 3 is 2.36 bits per heavy atom. The lowest BCUT2D eigenvalue weighted by molar-refractivity contribution is -0.319. The Kier molecular flexibility index (Phi) is 5.58. The summed E-state index contributed by atoms with van der Waals surface area (Å²) < 4.78 is 21.9. The van der Waals surface area contributed by atoms with Crippen molar-refractivity contribution in [3.63, 3.8) is 0 Å². The summed E-state index contributed by atoms with van der Waals surface area (Å²) in [5, 5.41) is 49.2. The quantitative estimate of drug-likeness (QED) is 0.288. The van der Waals surface area contributed by atoms with E-state index >= 15 is 0 Å². The van der Waals surface area contributed by atoms with E-state index in [1.54, 1.807) is 6.92 Å². The average molecular weight is 364 g/mol. The van der Waals surface area contributed by atoms with Gasteiger partial charge in [-0.25, -0.2) is 4.99 Å². The Morgan fingerprint density at radius 1 is 1.04 bits per heavy atom. The fraction of sp³-hybridized carbons (Fsp3) is 0.929. The molecule has 0 bridgehead atoms. The third-order valence-electron chi connectivity index (χ3n) is 4.66. The number of nitrogens with two attached hydrogens (primary N) is 1. The smallest absolute Gasteiger partial charge is 0.227 e. The molecule has 144 valence electrons. The van der Waals surface area contributed by atoms with E-state index in [0.29, 0.717) is 5.90 Å². The maximum absolute atomic E-state index is 10.6. The molecule has 3 aliphatic rings. The predicted octanol–water partition coefficient (Wildman–Crippen LogP) is -3.97. The number of hydrogen-bond acceptors (Lipinski definition) is 11. The van der Waals surface area contributed by atoms with E-state index in [4.69, 9.17) is 24.7 Å². The highest BCUT2D eigenvalue weighted by Crippen LogP contribution is 2.32. The Bertz CT molecular complexity index is 505. The van der Waals surface area contributed by atoms with E-state index in [1.807, 2.05) is 0 Å². The van der Waals surface area contributed by atoms with Crippen LogP contribution >= 0.6 is 0 Å². The second-order valence-corrected chi connectivity index (χ2v) is 6.36. The molecule has 3 aliphatic heterocycles. The normalized spacial score (nSPS) is 50.1. The fourth-order valence-corrected chi connectivity index (χ4v) is 3.24. The van der Waals surface area contributed by atoms with Crippen LogP contribution in [0.4, 0.5) is 0 Å². The monoisotopic (exact) mass is 364 g/mol. The summed E-state index contributed by atoms with van der Waals surface area (Å²) in [5.74, 6) is 0.343. The Labute approximate surface area is 143 Å². The van der Waals surface area contributed by atoms with Crippen molar-refractivity contribution in [1.82, 2.24) is 0 Å². The number of aliphatic hydroxyl groups is 5. The summed E-state index contributed by atoms with van der Waals surface area (Å²) in [6, 6.07) is -1.87. The standard InChI is InChI=1S/C14H24N2O9/c1-4-16-8-11(21)12(6(3-18)24-14(8)22-4)25-13-7(15)10(20)9(19)5(2-17)23-13/h5-14,17-21H,2-3,15H2,1H3/t5-,6-,7-,8-,9-,10-,11-,12-,13+,14+/m1/s1. The highest BCUT2D eigenvalue weighted by Gasteiger charge is 2.52. The van der Waals surface area contributed by atoms with Gasteiger partial charge in [0.2, 0.25) is 6.29 Å². The van der Waals surface area contributed by atoms with E-state index in [2.05, 4.69) is 4.99 Å². The first kappa shape index (κ1) is 18.9. The molecule has 11 nitrogen and oxygen atoms in total. The summed E-state index contributed by atoms with van der Waals surface area (Å²) >= 11 is 0. The molecule has 7 N–H and O–H groups in total. The number of fused-ring (bicyclic) bond motifs is 1. The Morgan fingerprint density at radius 2 is 1.72 bits per heavy atom. The minimum absolute atomic E-state index is 0.343. The van der Waals surface area contributed by atoms with E-state index in [1.165, 1.54) is 0 Å². The summed E-state index contributed by atoms with van der Waals surface area (Å²) in [6.07, 6.45) is -9.12. The van der Waals surface area contributed by atoms with Gasteiger partial charge >= 0.3 is 0 Å². The molecule has 0 spiro atoms. The van der Waals surface area contributed by atoms with Gasteiger partial charge < -0.3 is 50.2 Å². The zero-order chi connectivity index (χ0) is 18.3. The lowest BCUT2D eigenvalue weighted by atomic mass is 9.95. The zero-order valence-corrected chi connectivity index (χ0v) is 13.6. The van der Waals surface area contributed by atoms with E-state index < -0.39 is 74.5 Å². The van der Waals surface area contributed by atoms with Crippen molar-refractivity contribution in [1.29, 1.82) is 0 Å². The van der Waals surface area contributed by atoms with Gasteiger partial charge in [0.25, 0.3) is 0 Å². The topological polar surface area (TPSA) is 176 Å². The van der Waals surface area contributed by atoms with Crippen LogP contribution in [0.1, 0.15) is 6.92 Å². The second kappa shape index (κ2) is 7.39. The van der Waals surface area contributed by atoms with E-state index in [0.717, 1.165) is 0 Å². The third kappa shape index (κ3) is 3.39. The van der Waals surface area contributed by atoms with Gasteiger partial charge in [-0.1, -0.05) is 0 Å². The van der Waals surface area contributed by atoms with Crippen molar-refractivity contribution >= 4 is 5.90 Å². The van der Waals surface area contributed by atoms with Gasteiger partial charge in [0.05, 0.1) is 19.3 Å². The van der Waals surface area contributed by atoms with Crippen molar-refractivity contribution in [2.24, 2.45) is 10.7 Å². The zero-order valence-electron chi connectivity index (χ0n) is 13.6. The SMILES string of the molecule is CC1=N[C@H]2[C@@H](O1)O[C@H](CO)[C@@H](O[C@@H]1O[C@H](CO)[C@@H](O)[C@H](O)[C@H]1N)[C@@H]2O. The lowest BCUT2D eigenvalue weighted by Gasteiger charge is -2.45. The van der Waals surface area contributed by atoms with Crippen LogP contribution in [-0.2, 0) is 18.9 Å². The summed E-state index contributed by atoms with van der Waals surface area (Å²) in [6.45, 7) is 0.589. The van der Waals surface area contributed by atoms with E-state index in [9.17, 15) is 25.5 Å². The summed E-state index contributed by atoms with van der Waals surface area (Å²) in [4.78, 5) is 4.14. The Balaban J connectivity index is 1.75. The molecular weight excluding hydrogens is 340 g/mol. The highest BCUT2D eigenvalue weighted by molar-refractivity contribution is 5.75. The maximum atomic E-state index is 10.6. The van der Waals surface area contributed by atoms with Gasteiger partial charge in [-0.05, 0) is 0 Å². The molecule has 0 radical (unpaired) electrons. The lowest BCUT2D eigenvalue weighted by Crippen LogP contribution is -2.65. The first-order chi connectivity index (χ1) is 11.9. The van der Waals surface area contributed by atoms with Crippen LogP contribution in [0.5, 0.6) is 0 Å². The number of rotatable bonds is 4. The van der Waals surface area contributed by atoms with Gasteiger partial charge in [0, 0.05) is 6.92 Å². The number of ether oxygens (including phenoxy) is 4. The molecule has 11 heteroatoms. The molecule has 0 unspecified atom stereocenters. The van der Waals surface area contributed by atoms with Gasteiger partial charge in [0.15, 0.2) is 12.2 Å². The fourth-order valence-electron chi connectivity index (χ4n) is 3.24. The average Bonchev–Trinajstić information content (AvgIpc) is 2.97. The van der Waals surface area contributed by atoms with Gasteiger partial charge in [-0.15, -0.1) is 0 Å². The van der Waals surface area contributed by atoms with Crippen LogP contribution in [-0.4, -0.2) is 106 Å². The minimum atomic E-state index is -1.40. The molecular formula is C14H24N2O9. The molecule has 0 saturated carbocycles. The van der Waals surface area contributed by atoms with Crippen LogP contribution in [0.3, 0.4) is 0 Å². The van der Waals surface area contributed by atoms with Gasteiger partial charge in [0.1, 0.15) is 42.7 Å². The van der Waals surface area contributed by atoms with Crippen LogP contribution < -0.4 is 5.73 Å². The van der Waals surface area contributed by atoms with Crippen molar-refractivity contribution in [3.8, 4) is 0 Å². The number of hydrogen-bond donors (Lipinski definition) is 6. The maximum Gasteiger partial charge on any atom is 0.227 e. The largest absolute Gasteiger partial charge is 0.450 e. The van der Waals surface area contributed by atoms with Crippen molar-refractivity contribution < 1.29 is 44.5 Å². The summed E-state index contributed by atoms with van der Waals surface area (Å²) in [5.41, 5.74) is 5.83. The molecule has 0 aromatic heterocycles. The van der Waals surface area contributed by atoms with Gasteiger partial charge in [-0.2, -0.15) is 0 Å². The van der Waals surface area contributed by atoms with Crippen LogP contribution in [0, 0.1) is 0 Å². The van der Waals surface area contributed by atoms with Gasteiger partial charge in [-0.3, -0.25) is 0 Å². The molecule has 0 aromatic rings. The summed E-state index contributed by atoms with van der Waals surface area (Å²) in [7, 11) is 0. The molecule has 0 amide bonds. The molecule has 0 aromatic carbocycles. The number of nitrogens with zero attached hydrogens (tertiary/aromatic N) is 1. The van der Waals surface area contributed by atoms with Crippen molar-refractivity contribution in [2.75, 3.05) is 13.2 Å². The predicted molar refractivity (Wildman–Crippen MR) is 80.3 cm³/mol. The molecule has 3 rings (SSSR count). The van der Waals surface area contributed by atoms with E-state index in [-0.39, 0.29) is 0 Å². The molecule has 10 atom stereocenters. The molecule has 25 heavy (non-hydrogen) atoms. The number of aliphatic imine (C=N–C) groups is 1. The molecule has 0 aliphatic carbocycles. The Hall–Kier alpha value is -0.890.